The van der Waals surface area contributed by atoms with Crippen molar-refractivity contribution in [2.75, 3.05) is 53.8 Å². The quantitative estimate of drug-likeness (QED) is 0.218. The fourth-order valence-corrected chi connectivity index (χ4v) is 6.29. The Balaban J connectivity index is 1.40. The third-order valence-corrected chi connectivity index (χ3v) is 8.89. The van der Waals surface area contributed by atoms with Crippen molar-refractivity contribution in [1.82, 2.24) is 19.2 Å². The van der Waals surface area contributed by atoms with Crippen molar-refractivity contribution < 1.29 is 26.8 Å². The number of likely N-dealkylation sites (tertiary alicyclic amines) is 1. The Hall–Kier alpha value is -3.87. The lowest BCUT2D eigenvalue weighted by molar-refractivity contribution is 0.156. The Morgan fingerprint density at radius 1 is 0.977 bits per heavy atom. The Morgan fingerprint density at radius 3 is 2.23 bits per heavy atom. The summed E-state index contributed by atoms with van der Waals surface area (Å²) in [6, 6.07) is 11.7. The van der Waals surface area contributed by atoms with E-state index >= 15 is 0 Å². The van der Waals surface area contributed by atoms with Gasteiger partial charge in [-0.1, -0.05) is 12.1 Å². The van der Waals surface area contributed by atoms with Crippen LogP contribution < -0.4 is 19.8 Å². The summed E-state index contributed by atoms with van der Waals surface area (Å²) < 4.78 is 47.8. The second kappa shape index (κ2) is 13.4. The summed E-state index contributed by atoms with van der Waals surface area (Å²) in [4.78, 5) is 15.6. The summed E-state index contributed by atoms with van der Waals surface area (Å²) in [6.07, 6.45) is 7.40. The smallest absolute Gasteiger partial charge is 0.276 e. The lowest BCUT2D eigenvalue weighted by atomic mass is 9.88. The highest BCUT2D eigenvalue weighted by Gasteiger charge is 2.24. The monoisotopic (exact) mass is 624 g/mol. The molecule has 12 heteroatoms. The first-order chi connectivity index (χ1) is 21.1. The third kappa shape index (κ3) is 7.09. The number of hydrogen-bond donors (Lipinski definition) is 0. The van der Waals surface area contributed by atoms with E-state index in [-0.39, 0.29) is 12.2 Å². The largest absolute Gasteiger partial charge is 0.497 e. The molecule has 2 aromatic carbocycles. The molecule has 4 aromatic rings. The molecule has 5 rings (SSSR count). The first-order valence-electron chi connectivity index (χ1n) is 14.6. The van der Waals surface area contributed by atoms with Crippen molar-refractivity contribution in [2.24, 2.45) is 13.0 Å². The number of ether oxygens (including phenoxy) is 3. The van der Waals surface area contributed by atoms with E-state index in [9.17, 15) is 13.2 Å². The molecule has 0 unspecified atom stereocenters. The van der Waals surface area contributed by atoms with Gasteiger partial charge in [-0.2, -0.15) is 13.5 Å². The molecule has 3 heterocycles. The zero-order chi connectivity index (χ0) is 31.4. The van der Waals surface area contributed by atoms with Crippen LogP contribution in [0.1, 0.15) is 24.0 Å². The van der Waals surface area contributed by atoms with Crippen LogP contribution in [0.25, 0.3) is 22.0 Å². The molecule has 44 heavy (non-hydrogen) atoms. The molecule has 0 atom stereocenters. The van der Waals surface area contributed by atoms with Gasteiger partial charge in [-0.3, -0.25) is 13.7 Å². The summed E-state index contributed by atoms with van der Waals surface area (Å²) in [7, 11) is 3.28. The van der Waals surface area contributed by atoms with Gasteiger partial charge in [0.1, 0.15) is 22.8 Å². The van der Waals surface area contributed by atoms with E-state index in [0.717, 1.165) is 83.5 Å². The van der Waals surface area contributed by atoms with Crippen LogP contribution in [0.2, 0.25) is 0 Å². The molecule has 2 aromatic heterocycles. The average molecular weight is 625 g/mol. The van der Waals surface area contributed by atoms with Crippen LogP contribution in [0.5, 0.6) is 17.2 Å². The van der Waals surface area contributed by atoms with E-state index in [0.29, 0.717) is 24.5 Å². The molecule has 0 spiro atoms. The first kappa shape index (κ1) is 31.6. The molecular formula is C32H40N4O7S. The maximum absolute atomic E-state index is 13.3. The first-order valence-corrected chi connectivity index (χ1v) is 16.4. The van der Waals surface area contributed by atoms with Crippen LogP contribution in [-0.2, 0) is 34.3 Å². The number of methoxy groups -OCH3 is 3. The van der Waals surface area contributed by atoms with Crippen LogP contribution in [0.3, 0.4) is 0 Å². The fourth-order valence-electron chi connectivity index (χ4n) is 5.91. The van der Waals surface area contributed by atoms with Gasteiger partial charge in [-0.05, 0) is 73.7 Å². The van der Waals surface area contributed by atoms with Crippen LogP contribution >= 0.6 is 0 Å². The van der Waals surface area contributed by atoms with Crippen molar-refractivity contribution in [3.05, 3.63) is 70.3 Å². The van der Waals surface area contributed by atoms with Gasteiger partial charge in [-0.15, -0.1) is 0 Å². The Kier molecular flexibility index (Phi) is 9.62. The Bertz CT molecular complexity index is 1750. The average Bonchev–Trinajstić information content (AvgIpc) is 3.43. The molecule has 1 saturated heterocycles. The second-order valence-electron chi connectivity index (χ2n) is 11.2. The summed E-state index contributed by atoms with van der Waals surface area (Å²) in [5.41, 5.74) is 4.14. The number of aromatic nitrogens is 3. The molecule has 11 nitrogen and oxygen atoms in total. The lowest BCUT2D eigenvalue weighted by Gasteiger charge is -2.32. The van der Waals surface area contributed by atoms with Gasteiger partial charge in [0.05, 0.1) is 46.9 Å². The van der Waals surface area contributed by atoms with Gasteiger partial charge in [-0.25, -0.2) is 0 Å². The highest BCUT2D eigenvalue weighted by atomic mass is 32.2. The highest BCUT2D eigenvalue weighted by molar-refractivity contribution is 7.85. The van der Waals surface area contributed by atoms with Crippen LogP contribution in [-0.4, -0.2) is 81.5 Å². The molecule has 0 N–H and O–H groups in total. The van der Waals surface area contributed by atoms with Gasteiger partial charge < -0.3 is 23.7 Å². The number of fused-ring (bicyclic) bond motifs is 1. The number of hydrogen-bond acceptors (Lipinski definition) is 9. The molecule has 0 amide bonds. The standard InChI is InChI=1S/C32H40N4O7S/c1-34-21-28(27-19-33-36(31(27)32(34)37)20-23-6-8-25(40-2)9-7-23)24-17-29(41-3)26(30(18-24)42-4)16-22-10-12-35(13-11-22)14-15-43-44(5,38)39/h6-9,17-19,21-22H,10-16,20H2,1-5H3. The summed E-state index contributed by atoms with van der Waals surface area (Å²) >= 11 is 0. The molecule has 1 aliphatic rings. The van der Waals surface area contributed by atoms with Crippen molar-refractivity contribution in [2.45, 2.75) is 25.8 Å². The summed E-state index contributed by atoms with van der Waals surface area (Å²) in [5, 5.41) is 5.36. The molecule has 0 bridgehead atoms. The molecular weight excluding hydrogens is 584 g/mol. The van der Waals surface area contributed by atoms with E-state index in [1.807, 2.05) is 42.6 Å². The Labute approximate surface area is 258 Å². The van der Waals surface area contributed by atoms with E-state index in [4.69, 9.17) is 18.4 Å². The van der Waals surface area contributed by atoms with Crippen molar-refractivity contribution in [1.29, 1.82) is 0 Å². The maximum Gasteiger partial charge on any atom is 0.276 e. The van der Waals surface area contributed by atoms with Gasteiger partial charge in [0.25, 0.3) is 15.7 Å². The molecule has 236 valence electrons. The van der Waals surface area contributed by atoms with E-state index in [1.54, 1.807) is 43.8 Å². The SMILES string of the molecule is COc1ccc(Cn2ncc3c(-c4cc(OC)c(CC5CCN(CCOS(C)(=O)=O)CC5)c(OC)c4)cn(C)c(=O)c32)cc1. The number of pyridine rings is 1. The number of benzene rings is 2. The topological polar surface area (TPSA) is 114 Å². The van der Waals surface area contributed by atoms with Crippen molar-refractivity contribution in [3.63, 3.8) is 0 Å². The molecule has 0 radical (unpaired) electrons. The molecule has 1 fully saturated rings. The van der Waals surface area contributed by atoms with Gasteiger partial charge >= 0.3 is 0 Å². The van der Waals surface area contributed by atoms with Gasteiger partial charge in [0.15, 0.2) is 0 Å². The minimum absolute atomic E-state index is 0.125. The predicted octanol–water partition coefficient (Wildman–Crippen LogP) is 3.71. The minimum atomic E-state index is -3.43. The number of aryl methyl sites for hydroxylation is 1. The number of rotatable bonds is 12. The zero-order valence-electron chi connectivity index (χ0n) is 25.9. The predicted molar refractivity (Wildman–Crippen MR) is 169 cm³/mol. The maximum atomic E-state index is 13.3. The Morgan fingerprint density at radius 2 is 1.64 bits per heavy atom. The number of piperidine rings is 1. The van der Waals surface area contributed by atoms with Crippen molar-refractivity contribution >= 4 is 21.0 Å². The minimum Gasteiger partial charge on any atom is -0.497 e. The second-order valence-corrected chi connectivity index (χ2v) is 12.9. The highest BCUT2D eigenvalue weighted by Crippen LogP contribution is 2.39. The third-order valence-electron chi connectivity index (χ3n) is 8.29. The van der Waals surface area contributed by atoms with Crippen LogP contribution in [0.15, 0.2) is 53.6 Å². The zero-order valence-corrected chi connectivity index (χ0v) is 26.7. The van der Waals surface area contributed by atoms with Gasteiger partial charge in [0, 0.05) is 36.3 Å². The number of nitrogens with zero attached hydrogens (tertiary/aromatic N) is 4. The van der Waals surface area contributed by atoms with E-state index < -0.39 is 10.1 Å². The van der Waals surface area contributed by atoms with Crippen LogP contribution in [0.4, 0.5) is 0 Å². The molecule has 0 saturated carbocycles. The fraction of sp³-hybridized carbons (Fsp3) is 0.438. The van der Waals surface area contributed by atoms with Crippen LogP contribution in [0, 0.1) is 5.92 Å². The normalized spacial score (nSPS) is 14.7. The summed E-state index contributed by atoms with van der Waals surface area (Å²) in [5.74, 6) is 2.66. The van der Waals surface area contributed by atoms with Crippen molar-refractivity contribution in [3.8, 4) is 28.4 Å². The van der Waals surface area contributed by atoms with E-state index in [1.165, 1.54) is 0 Å². The van der Waals surface area contributed by atoms with Gasteiger partial charge in [0.2, 0.25) is 0 Å². The molecule has 1 aliphatic heterocycles. The molecule has 0 aliphatic carbocycles. The lowest BCUT2D eigenvalue weighted by Crippen LogP contribution is -2.36. The summed E-state index contributed by atoms with van der Waals surface area (Å²) in [6.45, 7) is 2.95. The van der Waals surface area contributed by atoms with E-state index in [2.05, 4.69) is 10.00 Å².